The van der Waals surface area contributed by atoms with Crippen LogP contribution in [0.25, 0.3) is 11.0 Å². The number of carbonyl (C=O) groups is 1. The molecule has 0 fully saturated rings. The molecule has 0 radical (unpaired) electrons. The molecule has 0 unspecified atom stereocenters. The molecule has 1 amide bonds. The van der Waals surface area contributed by atoms with Crippen LogP contribution in [0.1, 0.15) is 19.4 Å². The summed E-state index contributed by atoms with van der Waals surface area (Å²) in [4.78, 5) is 24.5. The number of hydrogen-bond donors (Lipinski definition) is 3. The molecule has 0 spiro atoms. The smallest absolute Gasteiger partial charge is 0.233 e. The fourth-order valence-electron chi connectivity index (χ4n) is 3.23. The summed E-state index contributed by atoms with van der Waals surface area (Å²) in [6.07, 6.45) is 5.12. The van der Waals surface area contributed by atoms with Gasteiger partial charge in [0.1, 0.15) is 11.5 Å². The quantitative estimate of drug-likeness (QED) is 0.364. The van der Waals surface area contributed by atoms with Gasteiger partial charge in [0.25, 0.3) is 0 Å². The summed E-state index contributed by atoms with van der Waals surface area (Å²) in [6.45, 7) is 3.39. The van der Waals surface area contributed by atoms with Crippen molar-refractivity contribution in [3.63, 3.8) is 0 Å². The van der Waals surface area contributed by atoms with E-state index in [-0.39, 0.29) is 11.7 Å². The first-order valence-electron chi connectivity index (χ1n) is 10.2. The first-order valence-corrected chi connectivity index (χ1v) is 11.9. The van der Waals surface area contributed by atoms with Crippen LogP contribution in [0.4, 0.5) is 23.1 Å². The fourth-order valence-corrected chi connectivity index (χ4v) is 3.85. The normalized spacial score (nSPS) is 11.3. The number of hydrogen-bond acceptors (Lipinski definition) is 7. The summed E-state index contributed by atoms with van der Waals surface area (Å²) in [7, 11) is -3.45. The monoisotopic (exact) mass is 465 g/mol. The van der Waals surface area contributed by atoms with Gasteiger partial charge in [0.15, 0.2) is 0 Å². The van der Waals surface area contributed by atoms with Crippen LogP contribution < -0.4 is 15.4 Å². The van der Waals surface area contributed by atoms with Gasteiger partial charge in [-0.1, -0.05) is 12.1 Å². The molecule has 4 rings (SSSR count). The molecule has 3 N–H and O–H groups in total. The Morgan fingerprint density at radius 1 is 1.09 bits per heavy atom. The molecule has 0 bridgehead atoms. The maximum Gasteiger partial charge on any atom is 0.233 e. The van der Waals surface area contributed by atoms with Crippen LogP contribution in [0, 0.1) is 0 Å². The summed E-state index contributed by atoms with van der Waals surface area (Å²) in [5, 5.41) is 6.73. The molecule has 0 aliphatic rings. The van der Waals surface area contributed by atoms with Gasteiger partial charge in [-0.15, -0.1) is 0 Å². The van der Waals surface area contributed by atoms with E-state index >= 15 is 0 Å². The predicted molar refractivity (Wildman–Crippen MR) is 128 cm³/mol. The van der Waals surface area contributed by atoms with Crippen LogP contribution in [0.15, 0.2) is 61.1 Å². The summed E-state index contributed by atoms with van der Waals surface area (Å²) in [5.41, 5.74) is 2.78. The van der Waals surface area contributed by atoms with Crippen LogP contribution in [-0.2, 0) is 21.4 Å². The summed E-state index contributed by atoms with van der Waals surface area (Å²) < 4.78 is 28.5. The largest absolute Gasteiger partial charge is 0.328 e. The number of carbonyl (C=O) groups excluding carboxylic acids is 1. The molecule has 0 saturated carbocycles. The summed E-state index contributed by atoms with van der Waals surface area (Å²) >= 11 is 0. The number of rotatable bonds is 8. The Bertz CT molecular complexity index is 1420. The Morgan fingerprint density at radius 2 is 1.91 bits per heavy atom. The summed E-state index contributed by atoms with van der Waals surface area (Å²) in [5.74, 6) is 0.489. The number of anilines is 4. The van der Waals surface area contributed by atoms with Gasteiger partial charge in [-0.25, -0.2) is 18.4 Å². The highest BCUT2D eigenvalue weighted by Gasteiger charge is 2.13. The number of fused-ring (bicyclic) bond motifs is 1. The summed E-state index contributed by atoms with van der Waals surface area (Å²) in [6, 6.07) is 12.7. The van der Waals surface area contributed by atoms with Gasteiger partial charge in [0.2, 0.25) is 21.9 Å². The second-order valence-electron chi connectivity index (χ2n) is 7.32. The third-order valence-corrected chi connectivity index (χ3v) is 6.07. The van der Waals surface area contributed by atoms with Crippen LogP contribution in [0.2, 0.25) is 0 Å². The number of nitrogens with one attached hydrogen (secondary N) is 3. The van der Waals surface area contributed by atoms with Crippen molar-refractivity contribution in [3.05, 3.63) is 66.6 Å². The molecular formula is C22H23N7O3S. The van der Waals surface area contributed by atoms with Crippen molar-refractivity contribution in [1.82, 2.24) is 19.5 Å². The number of aromatic nitrogens is 4. The van der Waals surface area contributed by atoms with Crippen LogP contribution in [0.3, 0.4) is 0 Å². The molecule has 10 nitrogen and oxygen atoms in total. The van der Waals surface area contributed by atoms with E-state index in [1.807, 2.05) is 35.0 Å². The number of benzene rings is 1. The molecule has 4 aromatic rings. The van der Waals surface area contributed by atoms with Crippen molar-refractivity contribution in [2.75, 3.05) is 21.1 Å². The van der Waals surface area contributed by atoms with E-state index in [4.69, 9.17) is 0 Å². The minimum atomic E-state index is -3.45. The van der Waals surface area contributed by atoms with Crippen molar-refractivity contribution in [2.45, 2.75) is 20.4 Å². The fraction of sp³-hybridized carbons (Fsp3) is 0.182. The van der Waals surface area contributed by atoms with Gasteiger partial charge < -0.3 is 15.2 Å². The lowest BCUT2D eigenvalue weighted by Crippen LogP contribution is -2.17. The maximum absolute atomic E-state index is 12.0. The lowest BCUT2D eigenvalue weighted by Gasteiger charge is -2.12. The second-order valence-corrected chi connectivity index (χ2v) is 9.33. The highest BCUT2D eigenvalue weighted by molar-refractivity contribution is 7.92. The third-order valence-electron chi connectivity index (χ3n) is 4.81. The molecule has 0 atom stereocenters. The highest BCUT2D eigenvalue weighted by atomic mass is 32.2. The van der Waals surface area contributed by atoms with Gasteiger partial charge in [-0.2, -0.15) is 4.98 Å². The number of sulfonamides is 1. The lowest BCUT2D eigenvalue weighted by molar-refractivity contribution is -0.114. The van der Waals surface area contributed by atoms with Gasteiger partial charge in [0, 0.05) is 47.8 Å². The van der Waals surface area contributed by atoms with E-state index in [0.29, 0.717) is 35.2 Å². The molecule has 170 valence electrons. The van der Waals surface area contributed by atoms with E-state index < -0.39 is 10.0 Å². The number of amides is 1. The van der Waals surface area contributed by atoms with E-state index in [2.05, 4.69) is 30.3 Å². The Balaban J connectivity index is 1.61. The molecule has 0 aliphatic carbocycles. The first-order chi connectivity index (χ1) is 15.8. The van der Waals surface area contributed by atoms with Gasteiger partial charge in [-0.3, -0.25) is 9.52 Å². The molecule has 3 heterocycles. The number of pyridine rings is 1. The number of nitrogens with zero attached hydrogens (tertiary/aromatic N) is 4. The zero-order chi connectivity index (χ0) is 23.4. The van der Waals surface area contributed by atoms with E-state index in [9.17, 15) is 13.2 Å². The van der Waals surface area contributed by atoms with Gasteiger partial charge in [0.05, 0.1) is 12.3 Å². The van der Waals surface area contributed by atoms with Crippen molar-refractivity contribution in [1.29, 1.82) is 0 Å². The molecule has 0 saturated heterocycles. The molecule has 33 heavy (non-hydrogen) atoms. The Hall–Kier alpha value is -3.99. The Kier molecular flexibility index (Phi) is 6.22. The molecule has 1 aromatic carbocycles. The van der Waals surface area contributed by atoms with Crippen LogP contribution in [-0.4, -0.2) is 39.6 Å². The van der Waals surface area contributed by atoms with Gasteiger partial charge in [-0.05, 0) is 37.3 Å². The lowest BCUT2D eigenvalue weighted by atomic mass is 10.2. The van der Waals surface area contributed by atoms with Crippen molar-refractivity contribution >= 4 is 50.1 Å². The van der Waals surface area contributed by atoms with Crippen molar-refractivity contribution in [3.8, 4) is 0 Å². The zero-order valence-corrected chi connectivity index (χ0v) is 18.9. The van der Waals surface area contributed by atoms with Crippen molar-refractivity contribution < 1.29 is 13.2 Å². The second kappa shape index (κ2) is 9.25. The topological polar surface area (TPSA) is 131 Å². The third kappa shape index (κ3) is 5.44. The van der Waals surface area contributed by atoms with Crippen LogP contribution in [0.5, 0.6) is 0 Å². The van der Waals surface area contributed by atoms with E-state index in [1.54, 1.807) is 37.5 Å². The van der Waals surface area contributed by atoms with Crippen LogP contribution >= 0.6 is 0 Å². The van der Waals surface area contributed by atoms with Crippen molar-refractivity contribution in [2.24, 2.45) is 0 Å². The van der Waals surface area contributed by atoms with E-state index in [0.717, 1.165) is 11.1 Å². The minimum Gasteiger partial charge on any atom is -0.328 e. The Labute approximate surface area is 191 Å². The van der Waals surface area contributed by atoms with E-state index in [1.165, 1.54) is 6.92 Å². The SMILES string of the molecule is CCS(=O)(=O)Nc1ncccc1Cn1ccc2cnc(Nc3cccc(NC(C)=O)c3)nc21. The Morgan fingerprint density at radius 3 is 2.70 bits per heavy atom. The average molecular weight is 466 g/mol. The predicted octanol–water partition coefficient (Wildman–Crippen LogP) is 3.34. The highest BCUT2D eigenvalue weighted by Crippen LogP contribution is 2.22. The maximum atomic E-state index is 12.0. The molecule has 11 heteroatoms. The van der Waals surface area contributed by atoms with Gasteiger partial charge >= 0.3 is 0 Å². The molecule has 0 aliphatic heterocycles. The molecule has 3 aromatic heterocycles. The average Bonchev–Trinajstić information content (AvgIpc) is 3.17. The first kappa shape index (κ1) is 22.2. The zero-order valence-electron chi connectivity index (χ0n) is 18.1. The molecular weight excluding hydrogens is 442 g/mol. The minimum absolute atomic E-state index is 0.0408. The standard InChI is InChI=1S/C22H23N7O3S/c1-3-33(31,32)28-20-17(6-5-10-23-20)14-29-11-9-16-13-24-22(27-21(16)29)26-19-8-4-7-18(12-19)25-15(2)30/h4-13H,3,14H2,1-2H3,(H,23,28)(H,25,30)(H,24,26,27).